The number of nitrogens with zero attached hydrogens (tertiary/aromatic N) is 2. The number of halogens is 1. The zero-order valence-electron chi connectivity index (χ0n) is 14.6. The molecule has 1 heterocycles. The fourth-order valence-corrected chi connectivity index (χ4v) is 3.52. The van der Waals surface area contributed by atoms with Gasteiger partial charge in [0.15, 0.2) is 6.19 Å². The molecule has 0 saturated carbocycles. The number of anilines is 1. The lowest BCUT2D eigenvalue weighted by Gasteiger charge is -2.29. The van der Waals surface area contributed by atoms with Gasteiger partial charge in [0.2, 0.25) is 5.91 Å². The van der Waals surface area contributed by atoms with Gasteiger partial charge in [0.05, 0.1) is 12.8 Å². The van der Waals surface area contributed by atoms with Gasteiger partial charge < -0.3 is 10.1 Å². The van der Waals surface area contributed by atoms with Gasteiger partial charge in [0.1, 0.15) is 11.8 Å². The molecule has 24 heavy (non-hydrogen) atoms. The van der Waals surface area contributed by atoms with E-state index in [-0.39, 0.29) is 17.4 Å². The molecule has 1 aromatic rings. The highest BCUT2D eigenvalue weighted by molar-refractivity contribution is 9.10. The average molecular weight is 394 g/mol. The Morgan fingerprint density at radius 3 is 2.75 bits per heavy atom. The molecule has 2 rings (SSSR count). The standard InChI is InChI=1S/C18H24BrN3O2/c1-18(2,3)10-13-6-8-15(22(13)11-20)17(23)21-14-7-5-12(19)9-16(14)24-4/h5,7,9,13,15H,6,8,10H2,1-4H3,(H,21,23). The van der Waals surface area contributed by atoms with Crippen molar-refractivity contribution in [1.29, 1.82) is 5.26 Å². The lowest BCUT2D eigenvalue weighted by molar-refractivity contribution is -0.119. The Hall–Kier alpha value is -1.74. The first-order chi connectivity index (χ1) is 11.2. The maximum Gasteiger partial charge on any atom is 0.247 e. The first kappa shape index (κ1) is 18.6. The molecule has 0 aliphatic carbocycles. The number of methoxy groups -OCH3 is 1. The van der Waals surface area contributed by atoms with Crippen LogP contribution in [0.1, 0.15) is 40.0 Å². The summed E-state index contributed by atoms with van der Waals surface area (Å²) in [4.78, 5) is 14.3. The molecular formula is C18H24BrN3O2. The molecule has 130 valence electrons. The van der Waals surface area contributed by atoms with Gasteiger partial charge in [0, 0.05) is 10.5 Å². The van der Waals surface area contributed by atoms with E-state index in [1.807, 2.05) is 6.07 Å². The van der Waals surface area contributed by atoms with E-state index in [9.17, 15) is 10.1 Å². The van der Waals surface area contributed by atoms with Crippen LogP contribution in [0.25, 0.3) is 0 Å². The van der Waals surface area contributed by atoms with E-state index in [1.165, 1.54) is 0 Å². The fourth-order valence-electron chi connectivity index (χ4n) is 3.18. The zero-order valence-corrected chi connectivity index (χ0v) is 16.2. The van der Waals surface area contributed by atoms with Gasteiger partial charge in [-0.25, -0.2) is 0 Å². The number of carbonyl (C=O) groups excluding carboxylic acids is 1. The molecule has 1 aliphatic rings. The van der Waals surface area contributed by atoms with Gasteiger partial charge in [-0.15, -0.1) is 0 Å². The van der Waals surface area contributed by atoms with Crippen molar-refractivity contribution in [3.8, 4) is 11.9 Å². The summed E-state index contributed by atoms with van der Waals surface area (Å²) in [5.41, 5.74) is 0.739. The van der Waals surface area contributed by atoms with E-state index in [1.54, 1.807) is 24.1 Å². The van der Waals surface area contributed by atoms with Crippen LogP contribution >= 0.6 is 15.9 Å². The molecule has 1 fully saturated rings. The smallest absolute Gasteiger partial charge is 0.247 e. The van der Waals surface area contributed by atoms with Gasteiger partial charge in [0.25, 0.3) is 0 Å². The number of carbonyl (C=O) groups is 1. The van der Waals surface area contributed by atoms with Crippen LogP contribution in [0.15, 0.2) is 22.7 Å². The maximum atomic E-state index is 12.7. The van der Waals surface area contributed by atoms with Crippen LogP contribution in [0.4, 0.5) is 5.69 Å². The number of rotatable bonds is 4. The number of amides is 1. The summed E-state index contributed by atoms with van der Waals surface area (Å²) in [7, 11) is 1.56. The summed E-state index contributed by atoms with van der Waals surface area (Å²) in [6.07, 6.45) is 4.67. The molecule has 2 unspecified atom stereocenters. The second-order valence-corrected chi connectivity index (χ2v) is 8.27. The minimum Gasteiger partial charge on any atom is -0.495 e. The highest BCUT2D eigenvalue weighted by Crippen LogP contribution is 2.34. The van der Waals surface area contributed by atoms with Crippen molar-refractivity contribution in [3.63, 3.8) is 0 Å². The molecule has 0 radical (unpaired) electrons. The molecule has 1 N–H and O–H groups in total. The van der Waals surface area contributed by atoms with Gasteiger partial charge in [-0.1, -0.05) is 36.7 Å². The van der Waals surface area contributed by atoms with E-state index in [0.717, 1.165) is 17.3 Å². The summed E-state index contributed by atoms with van der Waals surface area (Å²) in [6.45, 7) is 6.47. The molecule has 6 heteroatoms. The first-order valence-corrected chi connectivity index (χ1v) is 8.87. The van der Waals surface area contributed by atoms with E-state index in [2.05, 4.69) is 48.2 Å². The third-order valence-electron chi connectivity index (χ3n) is 4.19. The minimum absolute atomic E-state index is 0.123. The summed E-state index contributed by atoms with van der Waals surface area (Å²) in [6, 6.07) is 5.14. The topological polar surface area (TPSA) is 65.4 Å². The minimum atomic E-state index is -0.421. The normalized spacial score (nSPS) is 20.6. The molecule has 0 bridgehead atoms. The molecule has 1 aromatic carbocycles. The third kappa shape index (κ3) is 4.41. The number of likely N-dealkylation sites (tertiary alicyclic amines) is 1. The van der Waals surface area contributed by atoms with Crippen LogP contribution in [0.3, 0.4) is 0 Å². The number of hydrogen-bond acceptors (Lipinski definition) is 4. The van der Waals surface area contributed by atoms with E-state index >= 15 is 0 Å². The van der Waals surface area contributed by atoms with Gasteiger partial charge in [-0.05, 0) is 42.9 Å². The number of benzene rings is 1. The molecule has 0 spiro atoms. The van der Waals surface area contributed by atoms with Crippen LogP contribution in [0.2, 0.25) is 0 Å². The number of nitriles is 1. The largest absolute Gasteiger partial charge is 0.495 e. The molecule has 1 aliphatic heterocycles. The van der Waals surface area contributed by atoms with Crippen LogP contribution in [-0.2, 0) is 4.79 Å². The quantitative estimate of drug-likeness (QED) is 0.780. The maximum absolute atomic E-state index is 12.7. The molecule has 2 atom stereocenters. The van der Waals surface area contributed by atoms with Crippen LogP contribution in [-0.4, -0.2) is 30.0 Å². The highest BCUT2D eigenvalue weighted by Gasteiger charge is 2.39. The Labute approximate surface area is 152 Å². The van der Waals surface area contributed by atoms with Crippen LogP contribution < -0.4 is 10.1 Å². The number of nitrogens with one attached hydrogen (secondary N) is 1. The van der Waals surface area contributed by atoms with Crippen molar-refractivity contribution in [1.82, 2.24) is 4.90 Å². The van der Waals surface area contributed by atoms with Gasteiger partial charge in [-0.3, -0.25) is 9.69 Å². The Morgan fingerprint density at radius 1 is 1.46 bits per heavy atom. The molecule has 5 nitrogen and oxygen atoms in total. The van der Waals surface area contributed by atoms with Crippen LogP contribution in [0.5, 0.6) is 5.75 Å². The average Bonchev–Trinajstić information content (AvgIpc) is 2.89. The van der Waals surface area contributed by atoms with Crippen molar-refractivity contribution in [3.05, 3.63) is 22.7 Å². The SMILES string of the molecule is COc1cc(Br)ccc1NC(=O)C1CCC(CC(C)(C)C)N1C#N. The Morgan fingerprint density at radius 2 is 2.17 bits per heavy atom. The third-order valence-corrected chi connectivity index (χ3v) is 4.68. The lowest BCUT2D eigenvalue weighted by atomic mass is 9.87. The van der Waals surface area contributed by atoms with Crippen molar-refractivity contribution >= 4 is 27.5 Å². The lowest BCUT2D eigenvalue weighted by Crippen LogP contribution is -2.41. The predicted octanol–water partition coefficient (Wildman–Crippen LogP) is 4.15. The summed E-state index contributed by atoms with van der Waals surface area (Å²) in [5, 5.41) is 12.4. The fraction of sp³-hybridized carbons (Fsp3) is 0.556. The summed E-state index contributed by atoms with van der Waals surface area (Å²) < 4.78 is 6.18. The van der Waals surface area contributed by atoms with E-state index < -0.39 is 6.04 Å². The number of ether oxygens (including phenoxy) is 1. The Kier molecular flexibility index (Phi) is 5.76. The monoisotopic (exact) mass is 393 g/mol. The van der Waals surface area contributed by atoms with Crippen molar-refractivity contribution < 1.29 is 9.53 Å². The number of hydrogen-bond donors (Lipinski definition) is 1. The highest BCUT2D eigenvalue weighted by atomic mass is 79.9. The molecule has 1 saturated heterocycles. The van der Waals surface area contributed by atoms with Crippen LogP contribution in [0, 0.1) is 16.9 Å². The molecule has 1 amide bonds. The molecular weight excluding hydrogens is 370 g/mol. The van der Waals surface area contributed by atoms with Crippen molar-refractivity contribution in [2.24, 2.45) is 5.41 Å². The van der Waals surface area contributed by atoms with E-state index in [0.29, 0.717) is 17.9 Å². The van der Waals surface area contributed by atoms with E-state index in [4.69, 9.17) is 4.74 Å². The van der Waals surface area contributed by atoms with Gasteiger partial charge in [-0.2, -0.15) is 5.26 Å². The first-order valence-electron chi connectivity index (χ1n) is 8.07. The van der Waals surface area contributed by atoms with Crippen molar-refractivity contribution in [2.45, 2.75) is 52.1 Å². The zero-order chi connectivity index (χ0) is 17.9. The second kappa shape index (κ2) is 7.43. The molecule has 0 aromatic heterocycles. The van der Waals surface area contributed by atoms with Crippen molar-refractivity contribution in [2.75, 3.05) is 12.4 Å². The summed E-state index contributed by atoms with van der Waals surface area (Å²) >= 11 is 3.38. The predicted molar refractivity (Wildman–Crippen MR) is 97.7 cm³/mol. The Bertz CT molecular complexity index is 649. The summed E-state index contributed by atoms with van der Waals surface area (Å²) in [5.74, 6) is 0.430. The Balaban J connectivity index is 2.11. The second-order valence-electron chi connectivity index (χ2n) is 7.35. The van der Waals surface area contributed by atoms with Gasteiger partial charge >= 0.3 is 0 Å².